The van der Waals surface area contributed by atoms with Crippen molar-refractivity contribution in [1.82, 2.24) is 25.7 Å². The third-order valence-corrected chi connectivity index (χ3v) is 7.38. The number of hydrogen-bond donors (Lipinski definition) is 4. The zero-order chi connectivity index (χ0) is 24.0. The quantitative estimate of drug-likeness (QED) is 0.508. The molecular formula is C24H31FN6O3. The molecule has 9 nitrogen and oxygen atoms in total. The minimum atomic E-state index is -1.07. The van der Waals surface area contributed by atoms with Crippen LogP contribution in [-0.4, -0.2) is 69.6 Å². The first-order valence-electron chi connectivity index (χ1n) is 11.9. The van der Waals surface area contributed by atoms with Gasteiger partial charge in [0.2, 0.25) is 11.8 Å². The fraction of sp³-hybridized carbons (Fsp3) is 0.542. The normalized spacial score (nSPS) is 28.2. The molecule has 1 unspecified atom stereocenters. The van der Waals surface area contributed by atoms with Gasteiger partial charge in [0.15, 0.2) is 6.35 Å². The van der Waals surface area contributed by atoms with Crippen molar-refractivity contribution in [3.8, 4) is 11.1 Å². The summed E-state index contributed by atoms with van der Waals surface area (Å²) in [7, 11) is 0. The Labute approximate surface area is 197 Å². The molecule has 10 heteroatoms. The highest BCUT2D eigenvalue weighted by atomic mass is 19.1. The van der Waals surface area contributed by atoms with Crippen LogP contribution in [-0.2, 0) is 9.59 Å². The van der Waals surface area contributed by atoms with E-state index in [4.69, 9.17) is 0 Å². The van der Waals surface area contributed by atoms with Crippen LogP contribution < -0.4 is 15.5 Å². The smallest absolute Gasteiger partial charge is 0.243 e. The lowest BCUT2D eigenvalue weighted by atomic mass is 9.83. The van der Waals surface area contributed by atoms with Crippen LogP contribution in [0.4, 0.5) is 10.1 Å². The monoisotopic (exact) mass is 470 g/mol. The van der Waals surface area contributed by atoms with E-state index >= 15 is 0 Å². The molecule has 0 spiro atoms. The molecule has 3 heterocycles. The molecule has 5 rings (SSSR count). The summed E-state index contributed by atoms with van der Waals surface area (Å²) in [5.41, 5.74) is 1.46. The second kappa shape index (κ2) is 8.66. The van der Waals surface area contributed by atoms with Crippen LogP contribution in [0.2, 0.25) is 0 Å². The summed E-state index contributed by atoms with van der Waals surface area (Å²) in [5, 5.41) is 22.2. The lowest BCUT2D eigenvalue weighted by molar-refractivity contribution is -0.137. The van der Waals surface area contributed by atoms with Gasteiger partial charge in [-0.3, -0.25) is 20.0 Å². The number of aromatic amines is 1. The maximum Gasteiger partial charge on any atom is 0.243 e. The molecule has 3 fully saturated rings. The highest BCUT2D eigenvalue weighted by Crippen LogP contribution is 2.45. The van der Waals surface area contributed by atoms with Gasteiger partial charge in [0.1, 0.15) is 11.4 Å². The molecule has 1 aliphatic carbocycles. The van der Waals surface area contributed by atoms with Crippen molar-refractivity contribution in [2.75, 3.05) is 24.5 Å². The fourth-order valence-electron chi connectivity index (χ4n) is 5.53. The van der Waals surface area contributed by atoms with Crippen molar-refractivity contribution in [3.05, 3.63) is 36.4 Å². The van der Waals surface area contributed by atoms with E-state index in [1.54, 1.807) is 12.4 Å². The van der Waals surface area contributed by atoms with Crippen molar-refractivity contribution in [1.29, 1.82) is 0 Å². The number of amides is 2. The van der Waals surface area contributed by atoms with Crippen LogP contribution in [0.5, 0.6) is 0 Å². The maximum atomic E-state index is 14.4. The molecule has 2 amide bonds. The van der Waals surface area contributed by atoms with Gasteiger partial charge in [-0.2, -0.15) is 5.10 Å². The van der Waals surface area contributed by atoms with Crippen LogP contribution >= 0.6 is 0 Å². The number of anilines is 1. The maximum absolute atomic E-state index is 14.4. The first-order chi connectivity index (χ1) is 16.3. The Morgan fingerprint density at radius 2 is 2.09 bits per heavy atom. The van der Waals surface area contributed by atoms with Crippen LogP contribution in [0.15, 0.2) is 30.6 Å². The van der Waals surface area contributed by atoms with Gasteiger partial charge >= 0.3 is 0 Å². The van der Waals surface area contributed by atoms with Crippen LogP contribution in [0.1, 0.15) is 33.1 Å². The number of nitrogens with zero attached hydrogens (tertiary/aromatic N) is 3. The Morgan fingerprint density at radius 1 is 1.29 bits per heavy atom. The number of carbonyl (C=O) groups excluding carboxylic acids is 2. The molecule has 0 bridgehead atoms. The number of hydrogen-bond acceptors (Lipinski definition) is 6. The number of rotatable bonds is 6. The number of nitrogens with one attached hydrogen (secondary N) is 3. The van der Waals surface area contributed by atoms with E-state index < -0.39 is 11.9 Å². The highest BCUT2D eigenvalue weighted by molar-refractivity contribution is 5.90. The van der Waals surface area contributed by atoms with Crippen molar-refractivity contribution >= 4 is 17.5 Å². The Kier molecular flexibility index (Phi) is 5.81. The first kappa shape index (κ1) is 22.8. The van der Waals surface area contributed by atoms with E-state index in [9.17, 15) is 19.1 Å². The average Bonchev–Trinajstić information content (AvgIpc) is 3.43. The van der Waals surface area contributed by atoms with Crippen molar-refractivity contribution in [2.45, 2.75) is 51.0 Å². The summed E-state index contributed by atoms with van der Waals surface area (Å²) in [4.78, 5) is 29.9. The van der Waals surface area contributed by atoms with E-state index in [0.717, 1.165) is 29.7 Å². The lowest BCUT2D eigenvalue weighted by Crippen LogP contribution is -2.56. The van der Waals surface area contributed by atoms with Crippen molar-refractivity contribution < 1.29 is 19.1 Å². The Morgan fingerprint density at radius 3 is 2.71 bits per heavy atom. The van der Waals surface area contributed by atoms with E-state index in [1.807, 2.05) is 24.8 Å². The minimum Gasteiger partial charge on any atom is -0.365 e. The molecule has 2 aliphatic heterocycles. The number of piperazine rings is 1. The SMILES string of the molecule is C[C@H](C[C@]1(C2CC2)NC(O)NC1=O)C(=O)N1CCN(c2cc(F)cc(-c3cn[nH]c3)c2)[C@@H](C)C1. The summed E-state index contributed by atoms with van der Waals surface area (Å²) in [6, 6.07) is 4.95. The van der Waals surface area contributed by atoms with Gasteiger partial charge in [0, 0.05) is 49.0 Å². The van der Waals surface area contributed by atoms with Gasteiger partial charge in [-0.1, -0.05) is 6.92 Å². The molecule has 4 N–H and O–H groups in total. The number of aromatic nitrogens is 2. The third kappa shape index (κ3) is 4.16. The van der Waals surface area contributed by atoms with Crippen molar-refractivity contribution in [3.63, 3.8) is 0 Å². The van der Waals surface area contributed by atoms with Gasteiger partial charge in [0.25, 0.3) is 0 Å². The number of benzene rings is 1. The number of aliphatic hydroxyl groups excluding tert-OH is 1. The Balaban J connectivity index is 1.26. The van der Waals surface area contributed by atoms with E-state index in [2.05, 4.69) is 25.7 Å². The molecule has 1 aromatic heterocycles. The second-order valence-electron chi connectivity index (χ2n) is 9.88. The van der Waals surface area contributed by atoms with Crippen LogP contribution in [0, 0.1) is 17.7 Å². The molecule has 0 radical (unpaired) electrons. The van der Waals surface area contributed by atoms with E-state index in [0.29, 0.717) is 26.1 Å². The van der Waals surface area contributed by atoms with Crippen LogP contribution in [0.25, 0.3) is 11.1 Å². The minimum absolute atomic E-state index is 0.000781. The molecule has 4 atom stereocenters. The topological polar surface area (TPSA) is 114 Å². The van der Waals surface area contributed by atoms with E-state index in [-0.39, 0.29) is 35.5 Å². The average molecular weight is 471 g/mol. The van der Waals surface area contributed by atoms with Crippen LogP contribution in [0.3, 0.4) is 0 Å². The molecule has 1 aromatic carbocycles. The summed E-state index contributed by atoms with van der Waals surface area (Å²) in [6.07, 6.45) is 4.50. The fourth-order valence-corrected chi connectivity index (χ4v) is 5.53. The highest BCUT2D eigenvalue weighted by Gasteiger charge is 2.56. The predicted molar refractivity (Wildman–Crippen MR) is 124 cm³/mol. The number of aliphatic hydroxyl groups is 1. The number of carbonyl (C=O) groups is 2. The summed E-state index contributed by atoms with van der Waals surface area (Å²) < 4.78 is 14.4. The molecule has 2 aromatic rings. The van der Waals surface area contributed by atoms with Crippen molar-refractivity contribution in [2.24, 2.45) is 11.8 Å². The third-order valence-electron chi connectivity index (χ3n) is 7.38. The summed E-state index contributed by atoms with van der Waals surface area (Å²) >= 11 is 0. The molecule has 34 heavy (non-hydrogen) atoms. The molecule has 3 aliphatic rings. The molecule has 182 valence electrons. The Hall–Kier alpha value is -2.98. The van der Waals surface area contributed by atoms with Gasteiger partial charge in [0.05, 0.1) is 6.20 Å². The molecular weight excluding hydrogens is 439 g/mol. The summed E-state index contributed by atoms with van der Waals surface area (Å²) in [6.45, 7) is 5.50. The summed E-state index contributed by atoms with van der Waals surface area (Å²) in [5.74, 6) is -0.763. The zero-order valence-electron chi connectivity index (χ0n) is 19.4. The largest absolute Gasteiger partial charge is 0.365 e. The van der Waals surface area contributed by atoms with Gasteiger partial charge in [-0.25, -0.2) is 4.39 Å². The predicted octanol–water partition coefficient (Wildman–Crippen LogP) is 1.42. The van der Waals surface area contributed by atoms with E-state index in [1.165, 1.54) is 12.1 Å². The standard InChI is InChI=1S/C24H31FN6O3/c1-14(10-24(18-3-4-18)22(33)28-23(34)29-24)21(32)30-5-6-31(15(2)13-30)20-8-16(7-19(25)9-20)17-11-26-27-12-17/h7-9,11-12,14-15,18,23,29,34H,3-6,10,13H2,1-2H3,(H,26,27)(H,28,33)/t14-,15+,23?,24-/m1/s1. The van der Waals surface area contributed by atoms with Gasteiger partial charge < -0.3 is 20.2 Å². The van der Waals surface area contributed by atoms with Gasteiger partial charge in [-0.15, -0.1) is 0 Å². The Bertz CT molecular complexity index is 1070. The number of halogens is 1. The zero-order valence-corrected chi connectivity index (χ0v) is 19.4. The second-order valence-corrected chi connectivity index (χ2v) is 9.88. The molecule has 1 saturated carbocycles. The lowest BCUT2D eigenvalue weighted by Gasteiger charge is -2.42. The van der Waals surface area contributed by atoms with Gasteiger partial charge in [-0.05, 0) is 55.9 Å². The first-order valence-corrected chi connectivity index (χ1v) is 11.9. The number of H-pyrrole nitrogens is 1. The molecule has 2 saturated heterocycles.